The fourth-order valence-electron chi connectivity index (χ4n) is 2.52. The van der Waals surface area contributed by atoms with Crippen LogP contribution in [0.2, 0.25) is 18.1 Å². The van der Waals surface area contributed by atoms with Crippen LogP contribution < -0.4 is 5.73 Å². The number of hydrogen-bond donors (Lipinski definition) is 1. The van der Waals surface area contributed by atoms with Gasteiger partial charge in [-0.15, -0.1) is 0 Å². The molecule has 0 aliphatic carbocycles. The minimum atomic E-state index is -1.88. The van der Waals surface area contributed by atoms with Crippen molar-refractivity contribution in [1.82, 2.24) is 4.57 Å². The molecule has 1 aliphatic heterocycles. The van der Waals surface area contributed by atoms with E-state index in [2.05, 4.69) is 62.7 Å². The second-order valence-electron chi connectivity index (χ2n) is 7.30. The number of nitrogens with two attached hydrogens (primary N) is 1. The Hall–Kier alpha value is -1.39. The highest BCUT2D eigenvalue weighted by Gasteiger charge is 2.55. The summed E-state index contributed by atoms with van der Waals surface area (Å²) in [5, 5.41) is 0.127. The van der Waals surface area contributed by atoms with Gasteiger partial charge in [0.2, 0.25) is 5.91 Å². The molecule has 114 valence electrons. The molecule has 2 atom stereocenters. The molecule has 1 aromatic rings. The lowest BCUT2D eigenvalue weighted by atomic mass is 9.98. The Balaban J connectivity index is 2.23. The summed E-state index contributed by atoms with van der Waals surface area (Å²) in [7, 11) is -1.88. The number of rotatable bonds is 3. The number of amides is 1. The van der Waals surface area contributed by atoms with Crippen LogP contribution in [-0.4, -0.2) is 30.8 Å². The number of hydrogen-bond acceptors (Lipinski definition) is 2. The summed E-state index contributed by atoms with van der Waals surface area (Å²) in [5.74, 6) is 0.101. The largest absolute Gasteiger partial charge is 0.360 e. The number of benzene rings is 1. The van der Waals surface area contributed by atoms with Crippen LogP contribution in [0.3, 0.4) is 0 Å². The van der Waals surface area contributed by atoms with Gasteiger partial charge < -0.3 is 10.3 Å². The van der Waals surface area contributed by atoms with Crippen molar-refractivity contribution in [3.8, 4) is 0 Å². The Bertz CT molecular complexity index is 546. The van der Waals surface area contributed by atoms with Gasteiger partial charge in [-0.05, 0) is 10.6 Å². The van der Waals surface area contributed by atoms with Gasteiger partial charge in [0.05, 0.1) is 6.04 Å². The fourth-order valence-corrected chi connectivity index (χ4v) is 4.94. The maximum atomic E-state index is 12.3. The van der Waals surface area contributed by atoms with Crippen molar-refractivity contribution in [2.75, 3.05) is 0 Å². The minimum absolute atomic E-state index is 0.0265. The van der Waals surface area contributed by atoms with Gasteiger partial charge >= 0.3 is 0 Å². The van der Waals surface area contributed by atoms with E-state index < -0.39 is 8.24 Å². The monoisotopic (exact) mass is 302 g/mol. The Morgan fingerprint density at radius 2 is 1.76 bits per heavy atom. The van der Waals surface area contributed by atoms with Crippen LogP contribution in [-0.2, 0) is 4.79 Å². The van der Waals surface area contributed by atoms with Gasteiger partial charge in [0.1, 0.15) is 6.04 Å². The van der Waals surface area contributed by atoms with Crippen molar-refractivity contribution in [2.45, 2.75) is 51.0 Å². The van der Waals surface area contributed by atoms with Crippen molar-refractivity contribution in [2.24, 2.45) is 5.73 Å². The summed E-state index contributed by atoms with van der Waals surface area (Å²) in [6.45, 7) is 11.2. The van der Waals surface area contributed by atoms with Crippen molar-refractivity contribution in [3.63, 3.8) is 0 Å². The van der Waals surface area contributed by atoms with Crippen LogP contribution in [0, 0.1) is 0 Å². The van der Waals surface area contributed by atoms with E-state index in [4.69, 9.17) is 5.73 Å². The molecule has 4 heteroatoms. The molecule has 1 saturated heterocycles. The second kappa shape index (κ2) is 5.43. The number of nitrogens with zero attached hydrogens (tertiary/aromatic N) is 1. The molecule has 1 amide bonds. The predicted octanol–water partition coefficient (Wildman–Crippen LogP) is 3.24. The molecule has 0 unspecified atom stereocenters. The van der Waals surface area contributed by atoms with Crippen LogP contribution in [0.5, 0.6) is 0 Å². The first kappa shape index (κ1) is 16.0. The van der Waals surface area contributed by atoms with Gasteiger partial charge in [0, 0.05) is 0 Å². The van der Waals surface area contributed by atoms with Gasteiger partial charge in [-0.3, -0.25) is 4.79 Å². The van der Waals surface area contributed by atoms with E-state index in [1.165, 1.54) is 0 Å². The Morgan fingerprint density at radius 3 is 2.29 bits per heavy atom. The molecule has 1 aliphatic rings. The molecule has 1 heterocycles. The predicted molar refractivity (Wildman–Crippen MR) is 91.3 cm³/mol. The number of β-lactam (4-membered cyclic amide) rings is 1. The third-order valence-electron chi connectivity index (χ3n) is 4.91. The third kappa shape index (κ3) is 2.83. The zero-order valence-electron chi connectivity index (χ0n) is 13.6. The maximum Gasteiger partial charge on any atom is 0.234 e. The minimum Gasteiger partial charge on any atom is -0.360 e. The zero-order valence-corrected chi connectivity index (χ0v) is 14.6. The topological polar surface area (TPSA) is 46.3 Å². The van der Waals surface area contributed by atoms with Crippen LogP contribution in [0.4, 0.5) is 0 Å². The van der Waals surface area contributed by atoms with Gasteiger partial charge in [-0.1, -0.05) is 76.3 Å². The molecule has 2 N–H and O–H groups in total. The lowest BCUT2D eigenvalue weighted by molar-refractivity contribution is -0.139. The summed E-state index contributed by atoms with van der Waals surface area (Å²) in [6.07, 6.45) is 4.15. The number of carbonyl (C=O) groups is 1. The molecular formula is C17H26N2OSi. The first-order valence-corrected chi connectivity index (χ1v) is 10.4. The number of carbonyl (C=O) groups excluding carboxylic acids is 1. The van der Waals surface area contributed by atoms with Crippen molar-refractivity contribution in [1.29, 1.82) is 0 Å². The Kier molecular flexibility index (Phi) is 4.13. The van der Waals surface area contributed by atoms with Gasteiger partial charge in [-0.2, -0.15) is 0 Å². The van der Waals surface area contributed by atoms with E-state index in [1.54, 1.807) is 0 Å². The average Bonchev–Trinajstić information content (AvgIpc) is 2.41. The highest BCUT2D eigenvalue weighted by Crippen LogP contribution is 2.42. The highest BCUT2D eigenvalue weighted by atomic mass is 28.3. The van der Waals surface area contributed by atoms with Gasteiger partial charge in [0.25, 0.3) is 0 Å². The van der Waals surface area contributed by atoms with Gasteiger partial charge in [-0.25, -0.2) is 0 Å². The lowest BCUT2D eigenvalue weighted by Crippen LogP contribution is -2.76. The zero-order chi connectivity index (χ0) is 15.8. The summed E-state index contributed by atoms with van der Waals surface area (Å²) in [4.78, 5) is 12.3. The van der Waals surface area contributed by atoms with Crippen molar-refractivity contribution < 1.29 is 4.79 Å². The summed E-state index contributed by atoms with van der Waals surface area (Å²) >= 11 is 0. The summed E-state index contributed by atoms with van der Waals surface area (Å²) in [6, 6.07) is 9.77. The van der Waals surface area contributed by atoms with Crippen LogP contribution >= 0.6 is 0 Å². The average molecular weight is 302 g/mol. The van der Waals surface area contributed by atoms with E-state index in [-0.39, 0.29) is 23.0 Å². The molecule has 0 aromatic heterocycles. The van der Waals surface area contributed by atoms with Crippen LogP contribution in [0.15, 0.2) is 36.4 Å². The van der Waals surface area contributed by atoms with Crippen LogP contribution in [0.25, 0.3) is 6.08 Å². The first-order chi connectivity index (χ1) is 9.66. The molecule has 1 fully saturated rings. The highest BCUT2D eigenvalue weighted by molar-refractivity contribution is 6.80. The molecule has 2 rings (SSSR count). The molecular weight excluding hydrogens is 276 g/mol. The standard InChI is InChI=1S/C17H26N2OSi/c1-17(2,3)21(4,5)19-14(15(18)16(19)20)12-11-13-9-7-6-8-10-13/h6-12,14-15H,18H2,1-5H3/b12-11+/t14-,15+/m1/s1. The SMILES string of the molecule is CC(C)(C)[Si](C)(C)N1C(=O)[C@@H](N)[C@H]1/C=C/c1ccccc1. The van der Waals surface area contributed by atoms with E-state index >= 15 is 0 Å². The van der Waals surface area contributed by atoms with E-state index in [9.17, 15) is 4.79 Å². The van der Waals surface area contributed by atoms with E-state index in [1.807, 2.05) is 18.2 Å². The molecule has 1 aromatic carbocycles. The molecule has 0 saturated carbocycles. The van der Waals surface area contributed by atoms with Gasteiger partial charge in [0.15, 0.2) is 8.24 Å². The van der Waals surface area contributed by atoms with E-state index in [0.717, 1.165) is 5.56 Å². The Labute approximate surface area is 128 Å². The maximum absolute atomic E-state index is 12.3. The molecule has 0 spiro atoms. The van der Waals surface area contributed by atoms with Crippen LogP contribution in [0.1, 0.15) is 26.3 Å². The third-order valence-corrected chi connectivity index (χ3v) is 10.3. The summed E-state index contributed by atoms with van der Waals surface area (Å²) in [5.41, 5.74) is 7.18. The molecule has 0 bridgehead atoms. The normalized spacial score (nSPS) is 23.5. The molecule has 21 heavy (non-hydrogen) atoms. The lowest BCUT2D eigenvalue weighted by Gasteiger charge is -2.56. The summed E-state index contributed by atoms with van der Waals surface area (Å²) < 4.78 is 2.07. The van der Waals surface area contributed by atoms with E-state index in [0.29, 0.717) is 0 Å². The molecule has 0 radical (unpaired) electrons. The van der Waals surface area contributed by atoms with Crippen molar-refractivity contribution >= 4 is 20.2 Å². The smallest absolute Gasteiger partial charge is 0.234 e. The quantitative estimate of drug-likeness (QED) is 0.688. The Morgan fingerprint density at radius 1 is 1.19 bits per heavy atom. The van der Waals surface area contributed by atoms with Crippen molar-refractivity contribution in [3.05, 3.63) is 42.0 Å². The molecule has 3 nitrogen and oxygen atoms in total. The fraction of sp³-hybridized carbons (Fsp3) is 0.471. The second-order valence-corrected chi connectivity index (χ2v) is 12.4. The first-order valence-electron chi connectivity index (χ1n) is 7.48.